The van der Waals surface area contributed by atoms with E-state index in [4.69, 9.17) is 5.11 Å². The van der Waals surface area contributed by atoms with E-state index in [2.05, 4.69) is 17.0 Å². The monoisotopic (exact) mass is 304 g/mol. The lowest BCUT2D eigenvalue weighted by Gasteiger charge is -2.29. The minimum Gasteiger partial charge on any atom is -0.480 e. The molecular formula is C17H24N2O3. The summed E-state index contributed by atoms with van der Waals surface area (Å²) in [4.78, 5) is 26.5. The number of benzene rings is 1. The van der Waals surface area contributed by atoms with Crippen molar-refractivity contribution >= 4 is 11.9 Å². The van der Waals surface area contributed by atoms with Crippen LogP contribution in [0.15, 0.2) is 30.3 Å². The molecule has 1 aromatic carbocycles. The maximum Gasteiger partial charge on any atom is 0.323 e. The molecule has 0 aliphatic carbocycles. The zero-order valence-electron chi connectivity index (χ0n) is 13.1. The van der Waals surface area contributed by atoms with Crippen molar-refractivity contribution in [2.75, 3.05) is 19.6 Å². The van der Waals surface area contributed by atoms with Gasteiger partial charge >= 0.3 is 5.97 Å². The number of carbonyl (C=O) groups is 2. The molecule has 1 unspecified atom stereocenters. The van der Waals surface area contributed by atoms with Gasteiger partial charge in [-0.1, -0.05) is 30.3 Å². The predicted molar refractivity (Wildman–Crippen MR) is 84.4 cm³/mol. The van der Waals surface area contributed by atoms with Crippen LogP contribution in [0.25, 0.3) is 0 Å². The van der Waals surface area contributed by atoms with Gasteiger partial charge in [0.15, 0.2) is 0 Å². The summed E-state index contributed by atoms with van der Waals surface area (Å²) in [5.74, 6) is -1.09. The molecule has 1 amide bonds. The molecule has 22 heavy (non-hydrogen) atoms. The smallest absolute Gasteiger partial charge is 0.323 e. The van der Waals surface area contributed by atoms with Gasteiger partial charge in [-0.25, -0.2) is 0 Å². The molecule has 1 heterocycles. The first-order chi connectivity index (χ1) is 10.6. The Labute approximate surface area is 131 Å². The number of carboxylic acids is 1. The summed E-state index contributed by atoms with van der Waals surface area (Å²) in [7, 11) is 0. The summed E-state index contributed by atoms with van der Waals surface area (Å²) in [6.45, 7) is 4.05. The van der Waals surface area contributed by atoms with Crippen LogP contribution in [-0.4, -0.2) is 52.5 Å². The van der Waals surface area contributed by atoms with Gasteiger partial charge in [0.25, 0.3) is 0 Å². The van der Waals surface area contributed by atoms with Crippen LogP contribution in [0.2, 0.25) is 0 Å². The van der Waals surface area contributed by atoms with Crippen LogP contribution >= 0.6 is 0 Å². The van der Waals surface area contributed by atoms with Gasteiger partial charge in [-0.15, -0.1) is 0 Å². The van der Waals surface area contributed by atoms with Crippen molar-refractivity contribution in [3.8, 4) is 0 Å². The molecule has 5 nitrogen and oxygen atoms in total. The fourth-order valence-electron chi connectivity index (χ4n) is 3.09. The van der Waals surface area contributed by atoms with Crippen LogP contribution in [0.1, 0.15) is 31.7 Å². The quantitative estimate of drug-likeness (QED) is 0.903. The van der Waals surface area contributed by atoms with Crippen LogP contribution < -0.4 is 0 Å². The Morgan fingerprint density at radius 2 is 1.95 bits per heavy atom. The zero-order chi connectivity index (χ0) is 15.9. The summed E-state index contributed by atoms with van der Waals surface area (Å²) < 4.78 is 0. The number of nitrogens with zero attached hydrogens (tertiary/aromatic N) is 2. The Balaban J connectivity index is 1.93. The summed E-state index contributed by atoms with van der Waals surface area (Å²) in [5.41, 5.74) is 1.29. The second kappa shape index (κ2) is 7.94. The van der Waals surface area contributed by atoms with Crippen molar-refractivity contribution < 1.29 is 14.7 Å². The molecule has 1 aliphatic rings. The number of hydrogen-bond donors (Lipinski definition) is 1. The number of hydrogen-bond acceptors (Lipinski definition) is 3. The highest BCUT2D eigenvalue weighted by atomic mass is 16.4. The highest BCUT2D eigenvalue weighted by Crippen LogP contribution is 2.18. The van der Waals surface area contributed by atoms with E-state index in [-0.39, 0.29) is 18.5 Å². The summed E-state index contributed by atoms with van der Waals surface area (Å²) in [6, 6.07) is 10.4. The number of carboxylic acid groups (broad SMARTS) is 1. The normalized spacial score (nSPS) is 19.4. The van der Waals surface area contributed by atoms with Gasteiger partial charge in [0.05, 0.1) is 0 Å². The second-order valence-electron chi connectivity index (χ2n) is 5.89. The van der Waals surface area contributed by atoms with E-state index in [0.29, 0.717) is 0 Å². The Kier molecular flexibility index (Phi) is 5.95. The molecule has 2 rings (SSSR count). The van der Waals surface area contributed by atoms with Gasteiger partial charge in [-0.3, -0.25) is 14.5 Å². The van der Waals surface area contributed by atoms with E-state index in [0.717, 1.165) is 38.9 Å². The first kappa shape index (κ1) is 16.5. The predicted octanol–water partition coefficient (Wildman–Crippen LogP) is 1.97. The number of amides is 1. The molecule has 1 saturated heterocycles. The highest BCUT2D eigenvalue weighted by molar-refractivity contribution is 5.79. The Hall–Kier alpha value is -1.88. The summed E-state index contributed by atoms with van der Waals surface area (Å²) in [5, 5.41) is 8.98. The third-order valence-electron chi connectivity index (χ3n) is 4.19. The van der Waals surface area contributed by atoms with Gasteiger partial charge in [0.1, 0.15) is 6.54 Å². The third-order valence-corrected chi connectivity index (χ3v) is 4.19. The van der Waals surface area contributed by atoms with Gasteiger partial charge in [-0.05, 0) is 31.4 Å². The SMILES string of the molecule is CC(=O)N(CC(=O)O)C1CCCN(Cc2ccccc2)CC1. The molecule has 1 aromatic rings. The van der Waals surface area contributed by atoms with Crippen molar-refractivity contribution in [1.82, 2.24) is 9.80 Å². The lowest BCUT2D eigenvalue weighted by molar-refractivity contribution is -0.145. The van der Waals surface area contributed by atoms with Crippen molar-refractivity contribution in [1.29, 1.82) is 0 Å². The van der Waals surface area contributed by atoms with Gasteiger partial charge in [-0.2, -0.15) is 0 Å². The summed E-state index contributed by atoms with van der Waals surface area (Å²) >= 11 is 0. The Morgan fingerprint density at radius 3 is 2.59 bits per heavy atom. The number of aliphatic carboxylic acids is 1. The molecule has 1 N–H and O–H groups in total. The molecule has 1 atom stereocenters. The average molecular weight is 304 g/mol. The van der Waals surface area contributed by atoms with Crippen LogP contribution in [0, 0.1) is 0 Å². The fraction of sp³-hybridized carbons (Fsp3) is 0.529. The van der Waals surface area contributed by atoms with E-state index < -0.39 is 5.97 Å². The zero-order valence-corrected chi connectivity index (χ0v) is 13.1. The molecule has 0 saturated carbocycles. The molecule has 0 radical (unpaired) electrons. The van der Waals surface area contributed by atoms with Gasteiger partial charge < -0.3 is 10.0 Å². The van der Waals surface area contributed by atoms with Crippen molar-refractivity contribution in [3.63, 3.8) is 0 Å². The number of carbonyl (C=O) groups excluding carboxylic acids is 1. The maximum absolute atomic E-state index is 11.7. The van der Waals surface area contributed by atoms with Crippen LogP contribution in [0.3, 0.4) is 0 Å². The molecule has 5 heteroatoms. The van der Waals surface area contributed by atoms with E-state index in [9.17, 15) is 9.59 Å². The molecule has 0 spiro atoms. The minimum atomic E-state index is -0.944. The van der Waals surface area contributed by atoms with Gasteiger partial charge in [0.2, 0.25) is 5.91 Å². The molecule has 0 aromatic heterocycles. The Bertz CT molecular complexity index is 504. The highest BCUT2D eigenvalue weighted by Gasteiger charge is 2.25. The molecule has 120 valence electrons. The lowest BCUT2D eigenvalue weighted by Crippen LogP contribution is -2.42. The first-order valence-electron chi connectivity index (χ1n) is 7.81. The van der Waals surface area contributed by atoms with Crippen molar-refractivity contribution in [2.45, 2.75) is 38.8 Å². The molecular weight excluding hydrogens is 280 g/mol. The maximum atomic E-state index is 11.7. The van der Waals surface area contributed by atoms with E-state index in [1.54, 1.807) is 0 Å². The fourth-order valence-corrected chi connectivity index (χ4v) is 3.09. The number of likely N-dealkylation sites (tertiary alicyclic amines) is 1. The average Bonchev–Trinajstić information content (AvgIpc) is 2.71. The molecule has 1 aliphatic heterocycles. The van der Waals surface area contributed by atoms with E-state index >= 15 is 0 Å². The van der Waals surface area contributed by atoms with E-state index in [1.165, 1.54) is 17.4 Å². The van der Waals surface area contributed by atoms with Crippen LogP contribution in [-0.2, 0) is 16.1 Å². The second-order valence-corrected chi connectivity index (χ2v) is 5.89. The lowest BCUT2D eigenvalue weighted by atomic mass is 10.1. The van der Waals surface area contributed by atoms with Crippen molar-refractivity contribution in [2.24, 2.45) is 0 Å². The van der Waals surface area contributed by atoms with Crippen LogP contribution in [0.4, 0.5) is 0 Å². The summed E-state index contributed by atoms with van der Waals surface area (Å²) in [6.07, 6.45) is 2.69. The number of rotatable bonds is 5. The minimum absolute atomic E-state index is 0.0365. The Morgan fingerprint density at radius 1 is 1.23 bits per heavy atom. The third kappa shape index (κ3) is 4.84. The van der Waals surface area contributed by atoms with Crippen LogP contribution in [0.5, 0.6) is 0 Å². The standard InChI is InChI=1S/C17H24N2O3/c1-14(20)19(13-17(21)22)16-8-5-10-18(11-9-16)12-15-6-3-2-4-7-15/h2-4,6-7,16H,5,8-13H2,1H3,(H,21,22). The molecule has 0 bridgehead atoms. The van der Waals surface area contributed by atoms with Gasteiger partial charge in [0, 0.05) is 26.1 Å². The topological polar surface area (TPSA) is 60.9 Å². The molecule has 1 fully saturated rings. The first-order valence-corrected chi connectivity index (χ1v) is 7.81. The largest absolute Gasteiger partial charge is 0.480 e. The van der Waals surface area contributed by atoms with Crippen molar-refractivity contribution in [3.05, 3.63) is 35.9 Å². The van der Waals surface area contributed by atoms with E-state index in [1.807, 2.05) is 18.2 Å².